The molecule has 0 fully saturated rings. The third kappa shape index (κ3) is 3.31. The summed E-state index contributed by atoms with van der Waals surface area (Å²) in [5.41, 5.74) is 3.31. The van der Waals surface area contributed by atoms with E-state index in [1.807, 2.05) is 38.2 Å². The van der Waals surface area contributed by atoms with Gasteiger partial charge in [-0.25, -0.2) is 0 Å². The first-order valence-corrected chi connectivity index (χ1v) is 7.13. The minimum absolute atomic E-state index is 0.00622. The fourth-order valence-electron chi connectivity index (χ4n) is 2.41. The molecule has 0 spiro atoms. The maximum absolute atomic E-state index is 6.10. The predicted molar refractivity (Wildman–Crippen MR) is 86.6 cm³/mol. The molecule has 3 nitrogen and oxygen atoms in total. The van der Waals surface area contributed by atoms with Crippen LogP contribution < -0.4 is 14.8 Å². The van der Waals surface area contributed by atoms with Crippen LogP contribution in [0.1, 0.15) is 22.7 Å². The molecule has 21 heavy (non-hydrogen) atoms. The molecule has 2 aromatic carbocycles. The van der Waals surface area contributed by atoms with Gasteiger partial charge in [-0.1, -0.05) is 29.8 Å². The second kappa shape index (κ2) is 6.83. The monoisotopic (exact) mass is 305 g/mol. The van der Waals surface area contributed by atoms with Crippen LogP contribution in [0.3, 0.4) is 0 Å². The van der Waals surface area contributed by atoms with Crippen LogP contribution in [0.5, 0.6) is 11.5 Å². The highest BCUT2D eigenvalue weighted by Crippen LogP contribution is 2.34. The van der Waals surface area contributed by atoms with Gasteiger partial charge in [-0.15, -0.1) is 0 Å². The van der Waals surface area contributed by atoms with Crippen LogP contribution in [0.2, 0.25) is 5.02 Å². The highest BCUT2D eigenvalue weighted by molar-refractivity contribution is 6.32. The van der Waals surface area contributed by atoms with Crippen LogP contribution in [-0.2, 0) is 0 Å². The van der Waals surface area contributed by atoms with Crippen molar-refractivity contribution in [2.75, 3.05) is 21.3 Å². The van der Waals surface area contributed by atoms with E-state index in [1.165, 1.54) is 5.56 Å². The second-order valence-electron chi connectivity index (χ2n) is 4.86. The number of hydrogen-bond acceptors (Lipinski definition) is 3. The molecule has 0 aliphatic carbocycles. The number of halogens is 1. The van der Waals surface area contributed by atoms with Gasteiger partial charge in [0.2, 0.25) is 0 Å². The normalized spacial score (nSPS) is 12.0. The van der Waals surface area contributed by atoms with Crippen LogP contribution in [0.4, 0.5) is 0 Å². The Labute approximate surface area is 130 Å². The van der Waals surface area contributed by atoms with Gasteiger partial charge in [-0.3, -0.25) is 0 Å². The molecule has 1 unspecified atom stereocenters. The Balaban J connectivity index is 2.49. The summed E-state index contributed by atoms with van der Waals surface area (Å²) in [4.78, 5) is 0. The average molecular weight is 306 g/mol. The van der Waals surface area contributed by atoms with Crippen molar-refractivity contribution in [2.45, 2.75) is 13.0 Å². The van der Waals surface area contributed by atoms with E-state index >= 15 is 0 Å². The third-order valence-corrected chi connectivity index (χ3v) is 3.81. The molecule has 0 heterocycles. The maximum atomic E-state index is 6.10. The zero-order chi connectivity index (χ0) is 15.4. The molecular formula is C17H20ClNO2. The van der Waals surface area contributed by atoms with E-state index in [9.17, 15) is 0 Å². The first-order chi connectivity index (χ1) is 10.1. The second-order valence-corrected chi connectivity index (χ2v) is 5.27. The average Bonchev–Trinajstić information content (AvgIpc) is 2.50. The van der Waals surface area contributed by atoms with E-state index in [0.29, 0.717) is 10.8 Å². The number of ether oxygens (including phenoxy) is 2. The third-order valence-electron chi connectivity index (χ3n) is 3.50. The summed E-state index contributed by atoms with van der Waals surface area (Å²) < 4.78 is 10.8. The molecule has 0 aromatic heterocycles. The summed E-state index contributed by atoms with van der Waals surface area (Å²) in [6.45, 7) is 2.05. The van der Waals surface area contributed by atoms with Crippen LogP contribution in [-0.4, -0.2) is 21.3 Å². The van der Waals surface area contributed by atoms with Gasteiger partial charge < -0.3 is 14.8 Å². The maximum Gasteiger partial charge on any atom is 0.137 e. The Morgan fingerprint density at radius 2 is 1.71 bits per heavy atom. The molecule has 0 amide bonds. The number of nitrogens with one attached hydrogen (secondary N) is 1. The Morgan fingerprint density at radius 1 is 1.00 bits per heavy atom. The molecule has 0 saturated heterocycles. The van der Waals surface area contributed by atoms with E-state index in [1.54, 1.807) is 14.2 Å². The lowest BCUT2D eigenvalue weighted by molar-refractivity contribution is 0.404. The van der Waals surface area contributed by atoms with Crippen molar-refractivity contribution in [1.29, 1.82) is 0 Å². The summed E-state index contributed by atoms with van der Waals surface area (Å²) in [6, 6.07) is 12.0. The summed E-state index contributed by atoms with van der Waals surface area (Å²) in [5.74, 6) is 1.53. The molecule has 0 saturated carbocycles. The van der Waals surface area contributed by atoms with E-state index < -0.39 is 0 Å². The van der Waals surface area contributed by atoms with Gasteiger partial charge in [0, 0.05) is 5.56 Å². The predicted octanol–water partition coefficient (Wildman–Crippen LogP) is 3.97. The zero-order valence-corrected chi connectivity index (χ0v) is 13.5. The highest BCUT2D eigenvalue weighted by atomic mass is 35.5. The van der Waals surface area contributed by atoms with E-state index in [-0.39, 0.29) is 6.04 Å². The Bertz CT molecular complexity index is 628. The van der Waals surface area contributed by atoms with Gasteiger partial charge in [0.25, 0.3) is 0 Å². The van der Waals surface area contributed by atoms with Gasteiger partial charge in [0.05, 0.1) is 25.3 Å². The molecule has 0 aliphatic heterocycles. The summed E-state index contributed by atoms with van der Waals surface area (Å²) in [7, 11) is 5.23. The Kier molecular flexibility index (Phi) is 5.10. The largest absolute Gasteiger partial charge is 0.496 e. The lowest BCUT2D eigenvalue weighted by Crippen LogP contribution is -2.18. The smallest absolute Gasteiger partial charge is 0.137 e. The fourth-order valence-corrected chi connectivity index (χ4v) is 2.61. The number of aryl methyl sites for hydroxylation is 1. The van der Waals surface area contributed by atoms with Crippen molar-refractivity contribution in [3.63, 3.8) is 0 Å². The van der Waals surface area contributed by atoms with Gasteiger partial charge >= 0.3 is 0 Å². The number of rotatable bonds is 5. The molecule has 2 aromatic rings. The molecule has 0 aliphatic rings. The lowest BCUT2D eigenvalue weighted by Gasteiger charge is -2.21. The van der Waals surface area contributed by atoms with Crippen molar-refractivity contribution in [3.05, 3.63) is 58.1 Å². The van der Waals surface area contributed by atoms with Crippen molar-refractivity contribution in [2.24, 2.45) is 0 Å². The molecule has 0 radical (unpaired) electrons. The Hall–Kier alpha value is -1.71. The first-order valence-electron chi connectivity index (χ1n) is 6.76. The van der Waals surface area contributed by atoms with Gasteiger partial charge in [0.15, 0.2) is 0 Å². The van der Waals surface area contributed by atoms with Crippen LogP contribution in [0.15, 0.2) is 36.4 Å². The lowest BCUT2D eigenvalue weighted by atomic mass is 9.96. The van der Waals surface area contributed by atoms with Crippen molar-refractivity contribution in [1.82, 2.24) is 5.32 Å². The number of methoxy groups -OCH3 is 2. The number of hydrogen-bond donors (Lipinski definition) is 1. The molecule has 1 atom stereocenters. The fraction of sp³-hybridized carbons (Fsp3) is 0.294. The van der Waals surface area contributed by atoms with Crippen LogP contribution in [0.25, 0.3) is 0 Å². The molecule has 4 heteroatoms. The molecule has 112 valence electrons. The van der Waals surface area contributed by atoms with E-state index in [2.05, 4.69) is 17.4 Å². The highest BCUT2D eigenvalue weighted by Gasteiger charge is 2.18. The summed E-state index contributed by atoms with van der Waals surface area (Å²) >= 11 is 6.10. The minimum Gasteiger partial charge on any atom is -0.496 e. The molecule has 1 N–H and O–H groups in total. The quantitative estimate of drug-likeness (QED) is 0.906. The van der Waals surface area contributed by atoms with Crippen molar-refractivity contribution >= 4 is 11.6 Å². The zero-order valence-electron chi connectivity index (χ0n) is 12.7. The Morgan fingerprint density at radius 3 is 2.33 bits per heavy atom. The standard InChI is InChI=1S/C17H20ClNO2/c1-11-5-7-13(15(9-11)20-3)17(19-2)12-6-8-14(18)16(10-12)21-4/h5-10,17,19H,1-4H3. The van der Waals surface area contributed by atoms with E-state index in [4.69, 9.17) is 21.1 Å². The van der Waals surface area contributed by atoms with Crippen LogP contribution >= 0.6 is 11.6 Å². The van der Waals surface area contributed by atoms with Gasteiger partial charge in [-0.2, -0.15) is 0 Å². The first kappa shape index (κ1) is 15.7. The SMILES string of the molecule is CNC(c1ccc(Cl)c(OC)c1)c1ccc(C)cc1OC. The van der Waals surface area contributed by atoms with E-state index in [0.717, 1.165) is 16.9 Å². The molecular weight excluding hydrogens is 286 g/mol. The molecule has 2 rings (SSSR count). The summed E-state index contributed by atoms with van der Waals surface area (Å²) in [6.07, 6.45) is 0. The van der Waals surface area contributed by atoms with Crippen molar-refractivity contribution in [3.8, 4) is 11.5 Å². The van der Waals surface area contributed by atoms with Gasteiger partial charge in [0.1, 0.15) is 11.5 Å². The topological polar surface area (TPSA) is 30.5 Å². The minimum atomic E-state index is 0.00622. The van der Waals surface area contributed by atoms with Crippen LogP contribution in [0, 0.1) is 6.92 Å². The number of benzene rings is 2. The molecule has 0 bridgehead atoms. The van der Waals surface area contributed by atoms with Crippen molar-refractivity contribution < 1.29 is 9.47 Å². The summed E-state index contributed by atoms with van der Waals surface area (Å²) in [5, 5.41) is 3.92. The van der Waals surface area contributed by atoms with Gasteiger partial charge in [-0.05, 0) is 43.3 Å².